The molecule has 0 aliphatic carbocycles. The van der Waals surface area contributed by atoms with E-state index in [1.807, 2.05) is 19.9 Å². The maximum atomic E-state index is 12.0. The normalized spacial score (nSPS) is 10.4. The Morgan fingerprint density at radius 1 is 1.33 bits per heavy atom. The van der Waals surface area contributed by atoms with Crippen LogP contribution in [0.4, 0.5) is 11.4 Å². The highest BCUT2D eigenvalue weighted by Crippen LogP contribution is 2.24. The molecule has 94 valence electrons. The van der Waals surface area contributed by atoms with Gasteiger partial charge in [-0.3, -0.25) is 4.79 Å². The molecule has 18 heavy (non-hydrogen) atoms. The molecule has 4 nitrogen and oxygen atoms in total. The first-order valence-electron chi connectivity index (χ1n) is 5.40. The van der Waals surface area contributed by atoms with Gasteiger partial charge in [-0.15, -0.1) is 0 Å². The lowest BCUT2D eigenvalue weighted by Crippen LogP contribution is -2.13. The van der Waals surface area contributed by atoms with Gasteiger partial charge in [0, 0.05) is 11.4 Å². The number of hydrogen-bond acceptors (Lipinski definition) is 3. The minimum atomic E-state index is -0.234. The van der Waals surface area contributed by atoms with Crippen LogP contribution in [0.15, 0.2) is 33.5 Å². The van der Waals surface area contributed by atoms with E-state index in [4.69, 9.17) is 10.2 Å². The predicted molar refractivity (Wildman–Crippen MR) is 74.7 cm³/mol. The number of carbonyl (C=O) groups is 1. The van der Waals surface area contributed by atoms with Crippen molar-refractivity contribution in [1.82, 2.24) is 0 Å². The molecule has 0 fully saturated rings. The van der Waals surface area contributed by atoms with Crippen molar-refractivity contribution in [3.8, 4) is 0 Å². The number of carbonyl (C=O) groups excluding carboxylic acids is 1. The summed E-state index contributed by atoms with van der Waals surface area (Å²) in [6, 6.07) is 5.30. The Balaban J connectivity index is 2.28. The Kier molecular flexibility index (Phi) is 3.43. The maximum absolute atomic E-state index is 12.0. The van der Waals surface area contributed by atoms with Gasteiger partial charge in [-0.2, -0.15) is 0 Å². The summed E-state index contributed by atoms with van der Waals surface area (Å²) in [4.78, 5) is 12.0. The Labute approximate surface area is 113 Å². The molecular formula is C13H13BrN2O2. The van der Waals surface area contributed by atoms with E-state index in [1.165, 1.54) is 6.26 Å². The average Bonchev–Trinajstić information content (AvgIpc) is 2.72. The number of aryl methyl sites for hydroxylation is 2. The second kappa shape index (κ2) is 4.86. The van der Waals surface area contributed by atoms with Crippen LogP contribution in [0.1, 0.15) is 21.5 Å². The Morgan fingerprint density at radius 2 is 2.06 bits per heavy atom. The molecular weight excluding hydrogens is 296 g/mol. The second-order valence-electron chi connectivity index (χ2n) is 4.09. The highest BCUT2D eigenvalue weighted by Gasteiger charge is 2.14. The number of amides is 1. The lowest BCUT2D eigenvalue weighted by molar-refractivity contribution is 0.102. The van der Waals surface area contributed by atoms with Crippen LogP contribution >= 0.6 is 15.9 Å². The summed E-state index contributed by atoms with van der Waals surface area (Å²) in [5, 5.41) is 2.81. The summed E-state index contributed by atoms with van der Waals surface area (Å²) < 4.78 is 5.44. The van der Waals surface area contributed by atoms with Gasteiger partial charge in [0.2, 0.25) is 0 Å². The molecule has 2 rings (SSSR count). The molecule has 0 spiro atoms. The average molecular weight is 309 g/mol. The van der Waals surface area contributed by atoms with E-state index in [0.29, 0.717) is 21.6 Å². The van der Waals surface area contributed by atoms with Crippen molar-refractivity contribution in [2.45, 2.75) is 13.8 Å². The lowest BCUT2D eigenvalue weighted by Gasteiger charge is -2.10. The summed E-state index contributed by atoms with van der Waals surface area (Å²) in [5.74, 6) is -0.234. The molecule has 0 radical (unpaired) electrons. The van der Waals surface area contributed by atoms with E-state index >= 15 is 0 Å². The SMILES string of the molecule is Cc1cc(C)c(NC(=O)c2ccoc2Br)cc1N. The maximum Gasteiger partial charge on any atom is 0.260 e. The van der Waals surface area contributed by atoms with Crippen molar-refractivity contribution < 1.29 is 9.21 Å². The first-order valence-corrected chi connectivity index (χ1v) is 6.19. The molecule has 2 aromatic rings. The molecule has 1 aromatic heterocycles. The van der Waals surface area contributed by atoms with Gasteiger partial charge in [-0.05, 0) is 53.0 Å². The number of nitrogens with one attached hydrogen (secondary N) is 1. The third-order valence-electron chi connectivity index (χ3n) is 2.72. The molecule has 3 N–H and O–H groups in total. The van der Waals surface area contributed by atoms with E-state index in [9.17, 15) is 4.79 Å². The molecule has 5 heteroatoms. The monoisotopic (exact) mass is 308 g/mol. The van der Waals surface area contributed by atoms with Gasteiger partial charge >= 0.3 is 0 Å². The summed E-state index contributed by atoms with van der Waals surface area (Å²) in [6.45, 7) is 3.85. The molecule has 0 saturated heterocycles. The van der Waals surface area contributed by atoms with Crippen LogP contribution in [0, 0.1) is 13.8 Å². The molecule has 1 aromatic carbocycles. The fourth-order valence-electron chi connectivity index (χ4n) is 1.65. The van der Waals surface area contributed by atoms with E-state index < -0.39 is 0 Å². The number of halogens is 1. The Morgan fingerprint density at radius 3 is 2.67 bits per heavy atom. The quantitative estimate of drug-likeness (QED) is 0.834. The van der Waals surface area contributed by atoms with Gasteiger partial charge in [0.05, 0.1) is 11.8 Å². The van der Waals surface area contributed by atoms with Gasteiger partial charge in [-0.25, -0.2) is 0 Å². The number of hydrogen-bond donors (Lipinski definition) is 2. The molecule has 0 aliphatic heterocycles. The molecule has 0 saturated carbocycles. The summed E-state index contributed by atoms with van der Waals surface area (Å²) in [5.41, 5.74) is 9.61. The van der Waals surface area contributed by atoms with Crippen molar-refractivity contribution in [2.75, 3.05) is 11.1 Å². The number of nitrogen functional groups attached to an aromatic ring is 1. The third kappa shape index (κ3) is 2.41. The Bertz CT molecular complexity index is 605. The van der Waals surface area contributed by atoms with Gasteiger partial charge in [0.25, 0.3) is 5.91 Å². The standard InChI is InChI=1S/C13H13BrN2O2/c1-7-5-8(2)11(6-10(7)15)16-13(17)9-3-4-18-12(9)14/h3-6H,15H2,1-2H3,(H,16,17). The largest absolute Gasteiger partial charge is 0.457 e. The van der Waals surface area contributed by atoms with E-state index in [1.54, 1.807) is 12.1 Å². The van der Waals surface area contributed by atoms with Crippen molar-refractivity contribution in [3.05, 3.63) is 45.8 Å². The fourth-order valence-corrected chi connectivity index (χ4v) is 2.07. The van der Waals surface area contributed by atoms with Gasteiger partial charge in [-0.1, -0.05) is 6.07 Å². The summed E-state index contributed by atoms with van der Waals surface area (Å²) in [7, 11) is 0. The van der Waals surface area contributed by atoms with Crippen molar-refractivity contribution in [3.63, 3.8) is 0 Å². The molecule has 0 aliphatic rings. The smallest absolute Gasteiger partial charge is 0.260 e. The van der Waals surface area contributed by atoms with E-state index in [-0.39, 0.29) is 5.91 Å². The minimum absolute atomic E-state index is 0.234. The van der Waals surface area contributed by atoms with Gasteiger partial charge in [0.1, 0.15) is 0 Å². The van der Waals surface area contributed by atoms with Crippen LogP contribution in [-0.2, 0) is 0 Å². The van der Waals surface area contributed by atoms with E-state index in [0.717, 1.165) is 11.1 Å². The number of anilines is 2. The van der Waals surface area contributed by atoms with E-state index in [2.05, 4.69) is 21.2 Å². The zero-order valence-corrected chi connectivity index (χ0v) is 11.7. The predicted octanol–water partition coefficient (Wildman–Crippen LogP) is 3.49. The molecule has 0 bridgehead atoms. The number of nitrogens with two attached hydrogens (primary N) is 1. The molecule has 0 atom stereocenters. The zero-order chi connectivity index (χ0) is 13.3. The van der Waals surface area contributed by atoms with Gasteiger partial charge in [0.15, 0.2) is 4.67 Å². The van der Waals surface area contributed by atoms with Crippen LogP contribution in [0.5, 0.6) is 0 Å². The zero-order valence-electron chi connectivity index (χ0n) is 10.1. The first-order chi connectivity index (χ1) is 8.49. The molecule has 0 unspecified atom stereocenters. The Hall–Kier alpha value is -1.75. The van der Waals surface area contributed by atoms with Gasteiger partial charge < -0.3 is 15.5 Å². The highest BCUT2D eigenvalue weighted by molar-refractivity contribution is 9.10. The summed E-state index contributed by atoms with van der Waals surface area (Å²) in [6.07, 6.45) is 1.45. The lowest BCUT2D eigenvalue weighted by atomic mass is 10.1. The van der Waals surface area contributed by atoms with Crippen LogP contribution < -0.4 is 11.1 Å². The minimum Gasteiger partial charge on any atom is -0.457 e. The topological polar surface area (TPSA) is 68.3 Å². The van der Waals surface area contributed by atoms with Crippen LogP contribution in [0.3, 0.4) is 0 Å². The fraction of sp³-hybridized carbons (Fsp3) is 0.154. The summed E-state index contributed by atoms with van der Waals surface area (Å²) >= 11 is 3.17. The second-order valence-corrected chi connectivity index (χ2v) is 4.81. The number of furan rings is 1. The van der Waals surface area contributed by atoms with Crippen LogP contribution in [0.2, 0.25) is 0 Å². The number of rotatable bonds is 2. The van der Waals surface area contributed by atoms with Crippen LogP contribution in [0.25, 0.3) is 0 Å². The molecule has 1 amide bonds. The van der Waals surface area contributed by atoms with Crippen molar-refractivity contribution in [1.29, 1.82) is 0 Å². The highest BCUT2D eigenvalue weighted by atomic mass is 79.9. The third-order valence-corrected chi connectivity index (χ3v) is 3.34. The number of benzene rings is 1. The van der Waals surface area contributed by atoms with Crippen molar-refractivity contribution in [2.24, 2.45) is 0 Å². The van der Waals surface area contributed by atoms with Crippen molar-refractivity contribution >= 4 is 33.2 Å². The van der Waals surface area contributed by atoms with Crippen LogP contribution in [-0.4, -0.2) is 5.91 Å². The first kappa shape index (κ1) is 12.7. The molecule has 1 heterocycles.